The van der Waals surface area contributed by atoms with E-state index in [0.29, 0.717) is 6.61 Å². The van der Waals surface area contributed by atoms with E-state index in [-0.39, 0.29) is 6.09 Å². The maximum Gasteiger partial charge on any atom is 0.410 e. The van der Waals surface area contributed by atoms with Crippen LogP contribution in [-0.4, -0.2) is 61.4 Å². The van der Waals surface area contributed by atoms with E-state index in [1.54, 1.807) is 0 Å². The molecule has 1 aromatic carbocycles. The van der Waals surface area contributed by atoms with E-state index < -0.39 is 0 Å². The zero-order valence-electron chi connectivity index (χ0n) is 20.3. The smallest absolute Gasteiger partial charge is 0.410 e. The molecule has 2 rings (SSSR count). The molecule has 176 valence electrons. The van der Waals surface area contributed by atoms with Crippen molar-refractivity contribution in [3.05, 3.63) is 35.9 Å². The number of benzene rings is 1. The van der Waals surface area contributed by atoms with Gasteiger partial charge in [0.2, 0.25) is 0 Å². The molecule has 0 aliphatic carbocycles. The van der Waals surface area contributed by atoms with Gasteiger partial charge < -0.3 is 9.22 Å². The number of nitrogens with zero attached hydrogens (tertiary/aromatic N) is 2. The fourth-order valence-corrected chi connectivity index (χ4v) is 4.79. The van der Waals surface area contributed by atoms with Crippen molar-refractivity contribution in [1.82, 2.24) is 4.90 Å². The first kappa shape index (κ1) is 25.7. The van der Waals surface area contributed by atoms with Gasteiger partial charge in [-0.25, -0.2) is 4.79 Å². The summed E-state index contributed by atoms with van der Waals surface area (Å²) in [6, 6.07) is 10.9. The third-order valence-electron chi connectivity index (χ3n) is 6.92. The monoisotopic (exact) mass is 431 g/mol. The highest BCUT2D eigenvalue weighted by atomic mass is 16.6. The number of carbonyl (C=O) groups excluding carboxylic acids is 1. The van der Waals surface area contributed by atoms with Gasteiger partial charge in [-0.1, -0.05) is 88.6 Å². The second-order valence-electron chi connectivity index (χ2n) is 9.34. The third kappa shape index (κ3) is 10.1. The summed E-state index contributed by atoms with van der Waals surface area (Å²) in [7, 11) is 0. The van der Waals surface area contributed by atoms with Gasteiger partial charge in [0.25, 0.3) is 0 Å². The first-order valence-corrected chi connectivity index (χ1v) is 13.0. The number of quaternary nitrogens is 1. The first-order valence-electron chi connectivity index (χ1n) is 13.0. The fraction of sp³-hybridized carbons (Fsp3) is 0.741. The summed E-state index contributed by atoms with van der Waals surface area (Å²) in [6.07, 6.45) is 14.8. The summed E-state index contributed by atoms with van der Waals surface area (Å²) in [5.74, 6) is 0. The van der Waals surface area contributed by atoms with Crippen LogP contribution in [0.15, 0.2) is 30.3 Å². The number of amides is 1. The molecule has 1 aliphatic rings. The Bertz CT molecular complexity index is 582. The van der Waals surface area contributed by atoms with E-state index in [9.17, 15) is 4.79 Å². The summed E-state index contributed by atoms with van der Waals surface area (Å²) in [4.78, 5) is 14.0. The Hall–Kier alpha value is -1.55. The molecule has 1 fully saturated rings. The van der Waals surface area contributed by atoms with Crippen LogP contribution in [0.1, 0.15) is 83.6 Å². The molecule has 0 bridgehead atoms. The Morgan fingerprint density at radius 1 is 0.839 bits per heavy atom. The summed E-state index contributed by atoms with van der Waals surface area (Å²) in [5, 5.41) is 0. The Kier molecular flexibility index (Phi) is 12.7. The van der Waals surface area contributed by atoms with Crippen molar-refractivity contribution in [2.24, 2.45) is 0 Å². The standard InChI is InChI=1S/C27H47N2O2/c1-3-5-6-7-8-9-10-11-12-16-22-29(23-19-26-17-14-13-15-18-26)24-20-28(21-25-29)27(30)31-4-2/h13-15,17-18H,3-12,16,19-25H2,1-2H3/q+1. The molecule has 0 unspecified atom stereocenters. The number of hydrogen-bond acceptors (Lipinski definition) is 2. The molecular weight excluding hydrogens is 384 g/mol. The molecule has 4 nitrogen and oxygen atoms in total. The number of hydrogen-bond donors (Lipinski definition) is 0. The molecule has 0 aromatic heterocycles. The van der Waals surface area contributed by atoms with Gasteiger partial charge in [0.15, 0.2) is 0 Å². The number of unbranched alkanes of at least 4 members (excludes halogenated alkanes) is 9. The van der Waals surface area contributed by atoms with Crippen molar-refractivity contribution in [3.8, 4) is 0 Å². The van der Waals surface area contributed by atoms with Gasteiger partial charge in [0.1, 0.15) is 0 Å². The van der Waals surface area contributed by atoms with Crippen LogP contribution in [0.4, 0.5) is 4.79 Å². The SMILES string of the molecule is CCCCCCCCCCCC[N+]1(CCc2ccccc2)CCN(C(=O)OCC)CC1. The molecule has 0 radical (unpaired) electrons. The Labute approximate surface area is 191 Å². The molecule has 0 saturated carbocycles. The van der Waals surface area contributed by atoms with Crippen molar-refractivity contribution >= 4 is 6.09 Å². The second-order valence-corrected chi connectivity index (χ2v) is 9.34. The summed E-state index contributed by atoms with van der Waals surface area (Å²) < 4.78 is 6.38. The van der Waals surface area contributed by atoms with Gasteiger partial charge in [0, 0.05) is 6.42 Å². The van der Waals surface area contributed by atoms with Gasteiger partial charge in [-0.3, -0.25) is 4.90 Å². The summed E-state index contributed by atoms with van der Waals surface area (Å²) >= 11 is 0. The second kappa shape index (κ2) is 15.3. The van der Waals surface area contributed by atoms with Crippen LogP contribution in [0.5, 0.6) is 0 Å². The predicted octanol–water partition coefficient (Wildman–Crippen LogP) is 6.44. The molecule has 1 heterocycles. The van der Waals surface area contributed by atoms with Gasteiger partial charge in [0.05, 0.1) is 45.9 Å². The average molecular weight is 432 g/mol. The van der Waals surface area contributed by atoms with Crippen LogP contribution in [0.2, 0.25) is 0 Å². The lowest BCUT2D eigenvalue weighted by Gasteiger charge is -2.44. The molecule has 4 heteroatoms. The minimum atomic E-state index is -0.137. The van der Waals surface area contributed by atoms with Crippen molar-refractivity contribution < 1.29 is 14.0 Å². The minimum absolute atomic E-state index is 0.137. The quantitative estimate of drug-likeness (QED) is 0.236. The van der Waals surface area contributed by atoms with Gasteiger partial charge in [-0.05, 0) is 25.3 Å². The zero-order chi connectivity index (χ0) is 22.2. The van der Waals surface area contributed by atoms with Crippen LogP contribution in [-0.2, 0) is 11.2 Å². The predicted molar refractivity (Wildman–Crippen MR) is 130 cm³/mol. The number of rotatable bonds is 15. The molecule has 0 spiro atoms. The molecule has 31 heavy (non-hydrogen) atoms. The van der Waals surface area contributed by atoms with E-state index in [4.69, 9.17) is 4.74 Å². The lowest BCUT2D eigenvalue weighted by molar-refractivity contribution is -0.931. The largest absolute Gasteiger partial charge is 0.450 e. The Balaban J connectivity index is 1.74. The summed E-state index contributed by atoms with van der Waals surface area (Å²) in [5.41, 5.74) is 1.43. The van der Waals surface area contributed by atoms with Gasteiger partial charge >= 0.3 is 6.09 Å². The lowest BCUT2D eigenvalue weighted by atomic mass is 10.1. The number of ether oxygens (including phenoxy) is 1. The highest BCUT2D eigenvalue weighted by Crippen LogP contribution is 2.19. The van der Waals surface area contributed by atoms with Gasteiger partial charge in [-0.2, -0.15) is 0 Å². The lowest BCUT2D eigenvalue weighted by Crippen LogP contribution is -2.61. The van der Waals surface area contributed by atoms with Crippen LogP contribution >= 0.6 is 0 Å². The van der Waals surface area contributed by atoms with Crippen molar-refractivity contribution in [2.75, 3.05) is 45.9 Å². The van der Waals surface area contributed by atoms with Crippen LogP contribution < -0.4 is 0 Å². The normalized spacial score (nSPS) is 15.7. The van der Waals surface area contributed by atoms with Crippen LogP contribution in [0.25, 0.3) is 0 Å². The average Bonchev–Trinajstić information content (AvgIpc) is 2.80. The topological polar surface area (TPSA) is 29.5 Å². The molecule has 0 atom stereocenters. The third-order valence-corrected chi connectivity index (χ3v) is 6.92. The van der Waals surface area contributed by atoms with Crippen molar-refractivity contribution in [1.29, 1.82) is 0 Å². The molecular formula is C27H47N2O2+. The van der Waals surface area contributed by atoms with E-state index in [1.807, 2.05) is 11.8 Å². The maximum atomic E-state index is 12.1. The van der Waals surface area contributed by atoms with E-state index in [0.717, 1.165) is 37.1 Å². The number of piperazine rings is 1. The maximum absolute atomic E-state index is 12.1. The first-order chi connectivity index (χ1) is 15.2. The highest BCUT2D eigenvalue weighted by molar-refractivity contribution is 5.67. The van der Waals surface area contributed by atoms with Crippen molar-refractivity contribution in [2.45, 2.75) is 84.5 Å². The van der Waals surface area contributed by atoms with E-state index >= 15 is 0 Å². The molecule has 0 N–H and O–H groups in total. The molecule has 1 saturated heterocycles. The van der Waals surface area contributed by atoms with Crippen molar-refractivity contribution in [3.63, 3.8) is 0 Å². The Morgan fingerprint density at radius 3 is 2.00 bits per heavy atom. The number of carbonyl (C=O) groups is 1. The molecule has 1 aromatic rings. The van der Waals surface area contributed by atoms with Crippen LogP contribution in [0.3, 0.4) is 0 Å². The van der Waals surface area contributed by atoms with E-state index in [1.165, 1.54) is 82.9 Å². The fourth-order valence-electron chi connectivity index (χ4n) is 4.79. The highest BCUT2D eigenvalue weighted by Gasteiger charge is 2.34. The molecule has 1 aliphatic heterocycles. The summed E-state index contributed by atoms with van der Waals surface area (Å²) in [6.45, 7) is 10.8. The molecule has 1 amide bonds. The zero-order valence-corrected chi connectivity index (χ0v) is 20.3. The Morgan fingerprint density at radius 2 is 1.42 bits per heavy atom. The van der Waals surface area contributed by atoms with Gasteiger partial charge in [-0.15, -0.1) is 0 Å². The van der Waals surface area contributed by atoms with E-state index in [2.05, 4.69) is 37.3 Å². The minimum Gasteiger partial charge on any atom is -0.450 e. The van der Waals surface area contributed by atoms with Crippen LogP contribution in [0, 0.1) is 0 Å².